The molecule has 4 N–H and O–H groups in total. The standard InChI is InChI=1S/C32H39BrN3O6PS2/c1-41-30(38)22-35-31(39)28(36-29(37)19-18-27(34)32(40)42-2)23-45-44-21-20-43(33,24-12-6-3-7-13-24,25-14-8-4-9-15-25)26-16-10-5-11-17-26/h3-17,27-28H,18-23,34H2,1-2H3,(H,35,39)(H,36,37). The van der Waals surface area contributed by atoms with Gasteiger partial charge in [-0.3, -0.25) is 4.79 Å². The Balaban J connectivity index is 1.76. The summed E-state index contributed by atoms with van der Waals surface area (Å²) in [6.07, 6.45) is 0.782. The molecule has 9 nitrogen and oxygen atoms in total. The molecule has 2 unspecified atom stereocenters. The number of rotatable bonds is 17. The van der Waals surface area contributed by atoms with Crippen molar-refractivity contribution in [3.8, 4) is 0 Å². The Bertz CT molecular complexity index is 1320. The summed E-state index contributed by atoms with van der Waals surface area (Å²) in [7, 11) is 5.51. The van der Waals surface area contributed by atoms with Crippen molar-refractivity contribution in [1.29, 1.82) is 0 Å². The average molecular weight is 737 g/mol. The molecule has 13 heteroatoms. The number of carbonyl (C=O) groups excluding carboxylic acids is 4. The first-order chi connectivity index (χ1) is 21.6. The molecule has 0 saturated heterocycles. The van der Waals surface area contributed by atoms with Crippen LogP contribution in [0.4, 0.5) is 0 Å². The van der Waals surface area contributed by atoms with Gasteiger partial charge in [-0.05, 0) is 0 Å². The zero-order valence-corrected chi connectivity index (χ0v) is 29.3. The zero-order valence-electron chi connectivity index (χ0n) is 25.2. The van der Waals surface area contributed by atoms with Crippen LogP contribution in [0.25, 0.3) is 0 Å². The molecule has 3 aromatic carbocycles. The van der Waals surface area contributed by atoms with Crippen molar-refractivity contribution in [2.45, 2.75) is 24.9 Å². The van der Waals surface area contributed by atoms with Crippen molar-refractivity contribution < 1.29 is 28.7 Å². The van der Waals surface area contributed by atoms with E-state index in [4.69, 9.17) is 5.73 Å². The van der Waals surface area contributed by atoms with Crippen LogP contribution in [0.3, 0.4) is 0 Å². The van der Waals surface area contributed by atoms with Gasteiger partial charge in [0.2, 0.25) is 0 Å². The number of benzene rings is 3. The fourth-order valence-electron chi connectivity index (χ4n) is 4.79. The average Bonchev–Trinajstić information content (AvgIpc) is 3.09. The third-order valence-electron chi connectivity index (χ3n) is 7.27. The minimum Gasteiger partial charge on any atom is -0.468 e. The van der Waals surface area contributed by atoms with Crippen LogP contribution in [0.15, 0.2) is 91.0 Å². The number of nitrogens with one attached hydrogen (secondary N) is 2. The van der Waals surface area contributed by atoms with Gasteiger partial charge in [-0.2, -0.15) is 0 Å². The van der Waals surface area contributed by atoms with E-state index in [1.165, 1.54) is 40.9 Å². The van der Waals surface area contributed by atoms with Crippen LogP contribution in [0, 0.1) is 0 Å². The van der Waals surface area contributed by atoms with E-state index in [-0.39, 0.29) is 25.1 Å². The summed E-state index contributed by atoms with van der Waals surface area (Å²) in [6, 6.07) is 29.6. The minimum absolute atomic E-state index is 0.0632. The quantitative estimate of drug-likeness (QED) is 0.0826. The summed E-state index contributed by atoms with van der Waals surface area (Å²) in [6.45, 7) is -0.323. The molecule has 45 heavy (non-hydrogen) atoms. The number of halogens is 1. The molecule has 242 valence electrons. The Morgan fingerprint density at radius 3 is 1.80 bits per heavy atom. The van der Waals surface area contributed by atoms with Gasteiger partial charge in [0.25, 0.3) is 0 Å². The van der Waals surface area contributed by atoms with Crippen LogP contribution < -0.4 is 32.3 Å². The Morgan fingerprint density at radius 1 is 0.822 bits per heavy atom. The molecule has 0 radical (unpaired) electrons. The molecule has 0 aliphatic carbocycles. The number of amides is 2. The first kappa shape index (κ1) is 36.6. The van der Waals surface area contributed by atoms with E-state index in [1.54, 1.807) is 10.8 Å². The van der Waals surface area contributed by atoms with Crippen molar-refractivity contribution >= 4 is 82.0 Å². The first-order valence-electron chi connectivity index (χ1n) is 14.2. The number of methoxy groups -OCH3 is 2. The van der Waals surface area contributed by atoms with E-state index in [0.717, 1.165) is 11.9 Å². The third kappa shape index (κ3) is 9.56. The second-order valence-electron chi connectivity index (χ2n) is 10.1. The van der Waals surface area contributed by atoms with Gasteiger partial charge < -0.3 is 4.74 Å². The molecule has 0 spiro atoms. The van der Waals surface area contributed by atoms with E-state index in [0.29, 0.717) is 0 Å². The van der Waals surface area contributed by atoms with E-state index in [9.17, 15) is 19.2 Å². The van der Waals surface area contributed by atoms with Gasteiger partial charge in [-0.25, -0.2) is 0 Å². The normalized spacial score (nSPS) is 13.4. The van der Waals surface area contributed by atoms with E-state index in [2.05, 4.69) is 108 Å². The van der Waals surface area contributed by atoms with Gasteiger partial charge in [0.05, 0.1) is 7.11 Å². The Labute approximate surface area is 280 Å². The molecule has 3 rings (SSSR count). The predicted octanol–water partition coefficient (Wildman–Crippen LogP) is 3.26. The molecular weight excluding hydrogens is 697 g/mol. The SMILES string of the molecule is COC(=O)CNC(=O)C(CSSCCP(Br)(c1ccccc1)(c1ccccc1)c1ccccc1)NC(=O)CCC(N)C(=O)OC. The van der Waals surface area contributed by atoms with Gasteiger partial charge >= 0.3 is 265 Å². The Hall–Kier alpha value is -2.89. The number of hydrogen-bond acceptors (Lipinski definition) is 9. The van der Waals surface area contributed by atoms with Crippen LogP contribution in [0.2, 0.25) is 0 Å². The maximum absolute atomic E-state index is 13.0. The summed E-state index contributed by atoms with van der Waals surface area (Å²) < 4.78 is 9.22. The van der Waals surface area contributed by atoms with Crippen molar-refractivity contribution in [3.05, 3.63) is 91.0 Å². The molecule has 0 fully saturated rings. The van der Waals surface area contributed by atoms with Crippen LogP contribution in [-0.2, 0) is 28.7 Å². The van der Waals surface area contributed by atoms with Crippen molar-refractivity contribution in [2.24, 2.45) is 5.73 Å². The van der Waals surface area contributed by atoms with Crippen LogP contribution >= 0.6 is 42.4 Å². The minimum atomic E-state index is -3.10. The van der Waals surface area contributed by atoms with Crippen molar-refractivity contribution in [2.75, 3.05) is 38.4 Å². The second kappa shape index (κ2) is 17.7. The van der Waals surface area contributed by atoms with Crippen LogP contribution in [0.1, 0.15) is 12.8 Å². The molecule has 0 aromatic heterocycles. The van der Waals surface area contributed by atoms with Gasteiger partial charge in [-0.1, -0.05) is 0 Å². The maximum atomic E-state index is 13.0. The summed E-state index contributed by atoms with van der Waals surface area (Å²) in [4.78, 5) is 48.9. The van der Waals surface area contributed by atoms with E-state index < -0.39 is 41.1 Å². The molecule has 0 saturated carbocycles. The van der Waals surface area contributed by atoms with Crippen LogP contribution in [-0.4, -0.2) is 74.3 Å². The Kier molecular flexibility index (Phi) is 14.4. The molecular formula is C32H39BrN3O6PS2. The number of ether oxygens (including phenoxy) is 2. The van der Waals surface area contributed by atoms with Crippen molar-refractivity contribution in [3.63, 3.8) is 0 Å². The van der Waals surface area contributed by atoms with Crippen molar-refractivity contribution in [1.82, 2.24) is 10.6 Å². The molecule has 0 bridgehead atoms. The number of esters is 2. The zero-order chi connectivity index (χ0) is 32.7. The fraction of sp³-hybridized carbons (Fsp3) is 0.312. The molecule has 2 atom stereocenters. The molecule has 0 aliphatic heterocycles. The summed E-state index contributed by atoms with van der Waals surface area (Å²) in [5, 5.41) is 5.77. The summed E-state index contributed by atoms with van der Waals surface area (Å²) in [5.41, 5.74) is 5.75. The van der Waals surface area contributed by atoms with Gasteiger partial charge in [0, 0.05) is 0 Å². The molecule has 0 heterocycles. The smallest absolute Gasteiger partial charge is 0.468 e. The number of carbonyl (C=O) groups is 4. The second-order valence-corrected chi connectivity index (χ2v) is 21.8. The fourth-order valence-corrected chi connectivity index (χ4v) is 16.3. The van der Waals surface area contributed by atoms with Gasteiger partial charge in [0.1, 0.15) is 0 Å². The number of hydrogen-bond donors (Lipinski definition) is 3. The molecule has 0 aliphatic rings. The third-order valence-corrected chi connectivity index (χ3v) is 19.9. The summed E-state index contributed by atoms with van der Waals surface area (Å²) >= 11 is 4.44. The van der Waals surface area contributed by atoms with E-state index in [1.807, 2.05) is 18.2 Å². The summed E-state index contributed by atoms with van der Waals surface area (Å²) in [5.74, 6) is -1.21. The Morgan fingerprint density at radius 2 is 1.33 bits per heavy atom. The number of nitrogens with two attached hydrogens (primary N) is 1. The van der Waals surface area contributed by atoms with Gasteiger partial charge in [0.15, 0.2) is 0 Å². The monoisotopic (exact) mass is 735 g/mol. The molecule has 3 aromatic rings. The topological polar surface area (TPSA) is 137 Å². The van der Waals surface area contributed by atoms with E-state index >= 15 is 0 Å². The predicted molar refractivity (Wildman–Crippen MR) is 190 cm³/mol. The molecule has 2 amide bonds. The van der Waals surface area contributed by atoms with Gasteiger partial charge in [-0.15, -0.1) is 0 Å². The first-order valence-corrected chi connectivity index (χ1v) is 21.2. The van der Waals surface area contributed by atoms with Crippen LogP contribution in [0.5, 0.6) is 0 Å².